The minimum absolute atomic E-state index is 0.140. The molecule has 14 heavy (non-hydrogen) atoms. The second-order valence-electron chi connectivity index (χ2n) is 5.65. The van der Waals surface area contributed by atoms with Crippen LogP contribution >= 0.6 is 12.2 Å². The molecule has 0 spiro atoms. The standard InChI is InChI=1S/C11H21NOS/c1-10(2)6-5-7-11(3,4)8(10)13-9(12)14/h8H,5-7H2,1-4H3,(H2,12,14). The molecule has 2 N–H and O–H groups in total. The molecule has 0 unspecified atom stereocenters. The summed E-state index contributed by atoms with van der Waals surface area (Å²) in [6.07, 6.45) is 3.77. The summed E-state index contributed by atoms with van der Waals surface area (Å²) in [4.78, 5) is 0. The molecule has 1 aliphatic carbocycles. The lowest BCUT2D eigenvalue weighted by Gasteiger charge is -2.48. The van der Waals surface area contributed by atoms with E-state index in [1.807, 2.05) is 0 Å². The summed E-state index contributed by atoms with van der Waals surface area (Å²) in [6, 6.07) is 0. The van der Waals surface area contributed by atoms with Crippen LogP contribution in [0, 0.1) is 10.8 Å². The van der Waals surface area contributed by atoms with Crippen LogP contribution in [0.2, 0.25) is 0 Å². The van der Waals surface area contributed by atoms with Crippen molar-refractivity contribution in [1.29, 1.82) is 0 Å². The molecule has 0 radical (unpaired) electrons. The van der Waals surface area contributed by atoms with E-state index in [4.69, 9.17) is 22.7 Å². The van der Waals surface area contributed by atoms with E-state index in [2.05, 4.69) is 27.7 Å². The predicted molar refractivity (Wildman–Crippen MR) is 63.1 cm³/mol. The fourth-order valence-corrected chi connectivity index (χ4v) is 2.85. The van der Waals surface area contributed by atoms with Gasteiger partial charge in [0.2, 0.25) is 0 Å². The lowest BCUT2D eigenvalue weighted by atomic mass is 9.63. The summed E-state index contributed by atoms with van der Waals surface area (Å²) in [7, 11) is 0. The van der Waals surface area contributed by atoms with Gasteiger partial charge in [-0.2, -0.15) is 0 Å². The first-order valence-corrected chi connectivity index (χ1v) is 5.63. The Morgan fingerprint density at radius 2 is 1.64 bits per heavy atom. The summed E-state index contributed by atoms with van der Waals surface area (Å²) < 4.78 is 5.63. The van der Waals surface area contributed by atoms with Gasteiger partial charge in [-0.15, -0.1) is 0 Å². The van der Waals surface area contributed by atoms with E-state index in [0.717, 1.165) is 0 Å². The number of nitrogens with two attached hydrogens (primary N) is 1. The molecule has 0 aromatic heterocycles. The third-order valence-electron chi connectivity index (χ3n) is 3.30. The van der Waals surface area contributed by atoms with Gasteiger partial charge in [0.15, 0.2) is 0 Å². The Morgan fingerprint density at radius 1 is 1.21 bits per heavy atom. The van der Waals surface area contributed by atoms with E-state index >= 15 is 0 Å². The highest BCUT2D eigenvalue weighted by Crippen LogP contribution is 2.47. The van der Waals surface area contributed by atoms with E-state index in [9.17, 15) is 0 Å². The van der Waals surface area contributed by atoms with E-state index in [-0.39, 0.29) is 22.1 Å². The minimum Gasteiger partial charge on any atom is -0.467 e. The first-order chi connectivity index (χ1) is 6.26. The number of ether oxygens (including phenoxy) is 1. The summed E-state index contributed by atoms with van der Waals surface area (Å²) >= 11 is 4.84. The molecule has 1 fully saturated rings. The number of rotatable bonds is 1. The third kappa shape index (κ3) is 2.38. The lowest BCUT2D eigenvalue weighted by Crippen LogP contribution is -2.48. The molecule has 2 nitrogen and oxygen atoms in total. The normalized spacial score (nSPS) is 25.7. The molecule has 0 saturated heterocycles. The monoisotopic (exact) mass is 215 g/mol. The fraction of sp³-hybridized carbons (Fsp3) is 0.909. The SMILES string of the molecule is CC1(C)CCCC(C)(C)C1OC(N)=S. The molecule has 0 bridgehead atoms. The van der Waals surface area contributed by atoms with Crippen molar-refractivity contribution < 1.29 is 4.74 Å². The fourth-order valence-electron chi connectivity index (χ4n) is 2.75. The van der Waals surface area contributed by atoms with Crippen molar-refractivity contribution in [2.24, 2.45) is 16.6 Å². The van der Waals surface area contributed by atoms with Gasteiger partial charge in [-0.1, -0.05) is 34.1 Å². The first-order valence-electron chi connectivity index (χ1n) is 5.22. The molecule has 0 heterocycles. The van der Waals surface area contributed by atoms with Crippen LogP contribution in [0.25, 0.3) is 0 Å². The zero-order chi connectivity index (χ0) is 11.0. The van der Waals surface area contributed by atoms with Gasteiger partial charge in [0, 0.05) is 10.8 Å². The van der Waals surface area contributed by atoms with Crippen LogP contribution in [-0.4, -0.2) is 11.3 Å². The maximum Gasteiger partial charge on any atom is 0.254 e. The highest BCUT2D eigenvalue weighted by Gasteiger charge is 2.45. The van der Waals surface area contributed by atoms with Gasteiger partial charge in [-0.3, -0.25) is 0 Å². The van der Waals surface area contributed by atoms with Crippen molar-refractivity contribution >= 4 is 17.4 Å². The Bertz CT molecular complexity index is 219. The highest BCUT2D eigenvalue weighted by atomic mass is 32.1. The summed E-state index contributed by atoms with van der Waals surface area (Å²) in [5, 5.41) is 0.179. The van der Waals surface area contributed by atoms with Crippen LogP contribution in [0.1, 0.15) is 47.0 Å². The van der Waals surface area contributed by atoms with Gasteiger partial charge in [0.05, 0.1) is 0 Å². The Balaban J connectivity index is 2.85. The van der Waals surface area contributed by atoms with Gasteiger partial charge in [-0.25, -0.2) is 0 Å². The number of thiocarbonyl (C=S) groups is 1. The molecule has 3 heteroatoms. The Kier molecular flexibility index (Phi) is 3.10. The largest absolute Gasteiger partial charge is 0.467 e. The number of hydrogen-bond donors (Lipinski definition) is 1. The molecular weight excluding hydrogens is 194 g/mol. The zero-order valence-electron chi connectivity index (χ0n) is 9.59. The molecule has 0 atom stereocenters. The lowest BCUT2D eigenvalue weighted by molar-refractivity contribution is -0.0640. The average molecular weight is 215 g/mol. The van der Waals surface area contributed by atoms with Gasteiger partial charge >= 0.3 is 0 Å². The van der Waals surface area contributed by atoms with Crippen LogP contribution in [0.4, 0.5) is 0 Å². The molecule has 1 rings (SSSR count). The second-order valence-corrected chi connectivity index (χ2v) is 6.05. The molecule has 1 saturated carbocycles. The van der Waals surface area contributed by atoms with Crippen molar-refractivity contribution in [1.82, 2.24) is 0 Å². The maximum atomic E-state index is 5.63. The quantitative estimate of drug-likeness (QED) is 0.683. The van der Waals surface area contributed by atoms with Crippen molar-refractivity contribution in [3.8, 4) is 0 Å². The summed E-state index contributed by atoms with van der Waals surface area (Å²) in [6.45, 7) is 8.93. The average Bonchev–Trinajstić information content (AvgIpc) is 1.96. The molecule has 1 aliphatic rings. The van der Waals surface area contributed by atoms with Crippen LogP contribution < -0.4 is 5.73 Å². The van der Waals surface area contributed by atoms with Gasteiger partial charge in [0.1, 0.15) is 6.10 Å². The van der Waals surface area contributed by atoms with E-state index in [0.29, 0.717) is 0 Å². The second kappa shape index (κ2) is 3.69. The smallest absolute Gasteiger partial charge is 0.254 e. The molecular formula is C11H21NOS. The van der Waals surface area contributed by atoms with Gasteiger partial charge in [-0.05, 0) is 25.1 Å². The van der Waals surface area contributed by atoms with E-state index < -0.39 is 0 Å². The minimum atomic E-state index is 0.140. The Hall–Kier alpha value is -0.310. The third-order valence-corrected chi connectivity index (χ3v) is 3.39. The van der Waals surface area contributed by atoms with Crippen molar-refractivity contribution in [3.05, 3.63) is 0 Å². The van der Waals surface area contributed by atoms with Crippen molar-refractivity contribution in [2.45, 2.75) is 53.1 Å². The highest BCUT2D eigenvalue weighted by molar-refractivity contribution is 7.80. The van der Waals surface area contributed by atoms with Crippen LogP contribution in [0.3, 0.4) is 0 Å². The van der Waals surface area contributed by atoms with Gasteiger partial charge < -0.3 is 10.5 Å². The van der Waals surface area contributed by atoms with Crippen molar-refractivity contribution in [3.63, 3.8) is 0 Å². The molecule has 0 aromatic rings. The molecule has 0 amide bonds. The Labute approximate surface area is 92.2 Å². The first kappa shape index (κ1) is 11.8. The van der Waals surface area contributed by atoms with E-state index in [1.54, 1.807) is 0 Å². The summed E-state index contributed by atoms with van der Waals surface area (Å²) in [5.41, 5.74) is 5.82. The summed E-state index contributed by atoms with van der Waals surface area (Å²) in [5.74, 6) is 0. The Morgan fingerprint density at radius 3 is 2.00 bits per heavy atom. The predicted octanol–water partition coefficient (Wildman–Crippen LogP) is 2.85. The van der Waals surface area contributed by atoms with E-state index in [1.165, 1.54) is 19.3 Å². The number of hydrogen-bond acceptors (Lipinski definition) is 2. The van der Waals surface area contributed by atoms with Crippen molar-refractivity contribution in [2.75, 3.05) is 0 Å². The zero-order valence-corrected chi connectivity index (χ0v) is 10.4. The molecule has 82 valence electrons. The molecule has 0 aliphatic heterocycles. The van der Waals surface area contributed by atoms with Gasteiger partial charge in [0.25, 0.3) is 5.17 Å². The van der Waals surface area contributed by atoms with Crippen LogP contribution in [-0.2, 0) is 4.74 Å². The van der Waals surface area contributed by atoms with Crippen LogP contribution in [0.5, 0.6) is 0 Å². The molecule has 0 aromatic carbocycles. The topological polar surface area (TPSA) is 35.2 Å². The maximum absolute atomic E-state index is 5.63. The van der Waals surface area contributed by atoms with Crippen LogP contribution in [0.15, 0.2) is 0 Å².